The van der Waals surface area contributed by atoms with Gasteiger partial charge in [-0.15, -0.1) is 0 Å². The van der Waals surface area contributed by atoms with Gasteiger partial charge in [-0.2, -0.15) is 52.0 Å². The second-order valence-electron chi connectivity index (χ2n) is 11.5. The first-order valence-electron chi connectivity index (χ1n) is 16.4. The summed E-state index contributed by atoms with van der Waals surface area (Å²) in [6.45, 7) is 4.85. The van der Waals surface area contributed by atoms with Crippen molar-refractivity contribution in [3.8, 4) is 11.5 Å². The van der Waals surface area contributed by atoms with Gasteiger partial charge in [0, 0.05) is 0 Å². The highest BCUT2D eigenvalue weighted by Gasteiger charge is 2.89. The lowest BCUT2D eigenvalue weighted by Gasteiger charge is -2.33. The largest absolute Gasteiger partial charge is 0.540 e. The summed E-state index contributed by atoms with van der Waals surface area (Å²) < 4.78 is 184. The third kappa shape index (κ3) is 12.7. The van der Waals surface area contributed by atoms with Gasteiger partial charge in [0.25, 0.3) is 0 Å². The van der Waals surface area contributed by atoms with Gasteiger partial charge in [-0.25, -0.2) is 0 Å². The number of halogens is 10. The Morgan fingerprint density at radius 3 is 1.08 bits per heavy atom. The van der Waals surface area contributed by atoms with E-state index in [0.717, 1.165) is 101 Å². The summed E-state index contributed by atoms with van der Waals surface area (Å²) >= 11 is -5.17. The Morgan fingerprint density at radius 2 is 0.769 bits per heavy atom. The predicted molar refractivity (Wildman–Crippen MR) is 168 cm³/mol. The van der Waals surface area contributed by atoms with Gasteiger partial charge in [0.2, 0.25) is 7.14 Å². The van der Waals surface area contributed by atoms with Gasteiger partial charge >= 0.3 is 85.8 Å². The zero-order chi connectivity index (χ0) is 39.1. The molecule has 0 radical (unpaired) electrons. The molecule has 2 aromatic rings. The Hall–Kier alpha value is -1.24. The fourth-order valence-corrected chi connectivity index (χ4v) is 10.9. The van der Waals surface area contributed by atoms with Crippen LogP contribution in [0.4, 0.5) is 35.1 Å². The molecule has 0 aliphatic carbocycles. The number of ether oxygens (including phenoxy) is 2. The van der Waals surface area contributed by atoms with Crippen LogP contribution in [0.25, 0.3) is 0 Å². The van der Waals surface area contributed by atoms with Crippen molar-refractivity contribution in [2.75, 3.05) is 13.2 Å². The molecule has 0 unspecified atom stereocenters. The second-order valence-corrected chi connectivity index (χ2v) is 20.1. The van der Waals surface area contributed by atoms with E-state index in [-0.39, 0.29) is 7.14 Å². The Bertz CT molecular complexity index is 1450. The lowest BCUT2D eigenvalue weighted by molar-refractivity contribution is -0.838. The van der Waals surface area contributed by atoms with Crippen molar-refractivity contribution in [2.45, 2.75) is 113 Å². The molecule has 0 aliphatic heterocycles. The minimum absolute atomic E-state index is 0.109. The maximum atomic E-state index is 14.6. The summed E-state index contributed by atoms with van der Waals surface area (Å²) in [5.74, 6) is -14.4. The van der Waals surface area contributed by atoms with Crippen LogP contribution in [0.5, 0.6) is 11.5 Å². The molecule has 2 rings (SSSR count). The molecule has 0 fully saturated rings. The van der Waals surface area contributed by atoms with Crippen molar-refractivity contribution in [1.82, 2.24) is 0 Å². The van der Waals surface area contributed by atoms with Crippen molar-refractivity contribution in [1.29, 1.82) is 0 Å². The average molecular weight is 1020 g/mol. The Balaban J connectivity index is 2.01. The topological polar surface area (TPSA) is 105 Å². The lowest BCUT2D eigenvalue weighted by atomic mass is 10.1. The molecule has 20 heteroatoms. The summed E-state index contributed by atoms with van der Waals surface area (Å²) in [5, 5.41) is -14.0. The standard InChI is InChI=1S/C32H42F8I2O8S2/c1-3-5-7-9-11-13-23-47-27-19-15-25(16-20-27)41-49-51(43,44)31(37,38)29(33,34)30(35,36)32(39,40)52(45,46)50-42-26-17-21-28(22-18-26)48-24-14-12-10-8-6-4-2/h15-22H,3-14,23-24H2,1-2H3/q+2. The van der Waals surface area contributed by atoms with Gasteiger partial charge in [0.1, 0.15) is 11.5 Å². The minimum atomic E-state index is -7.50. The number of hydrogen-bond donors (Lipinski definition) is 0. The molecule has 298 valence electrons. The van der Waals surface area contributed by atoms with Gasteiger partial charge in [-0.3, -0.25) is 0 Å². The van der Waals surface area contributed by atoms with Crippen molar-refractivity contribution in [3.05, 3.63) is 55.7 Å². The van der Waals surface area contributed by atoms with E-state index in [0.29, 0.717) is 24.7 Å². The van der Waals surface area contributed by atoms with E-state index in [9.17, 15) is 52.0 Å². The van der Waals surface area contributed by atoms with Crippen LogP contribution in [0.3, 0.4) is 0 Å². The second kappa shape index (κ2) is 21.2. The van der Waals surface area contributed by atoms with Gasteiger partial charge in [-0.05, 0) is 66.4 Å². The van der Waals surface area contributed by atoms with Crippen molar-refractivity contribution >= 4 is 20.2 Å². The number of hydrogen-bond acceptors (Lipinski definition) is 8. The molecule has 0 saturated carbocycles. The molecule has 0 N–H and O–H groups in total. The van der Waals surface area contributed by atoms with Crippen LogP contribution in [0.2, 0.25) is 0 Å². The first-order valence-corrected chi connectivity index (χ1v) is 23.1. The number of unbranched alkanes of at least 4 members (excludes halogenated alkanes) is 10. The summed E-state index contributed by atoms with van der Waals surface area (Å²) in [4.78, 5) is 0. The molecule has 8 nitrogen and oxygen atoms in total. The normalized spacial score (nSPS) is 13.3. The van der Waals surface area contributed by atoms with Gasteiger partial charge in [-0.1, -0.05) is 78.1 Å². The van der Waals surface area contributed by atoms with E-state index in [1.54, 1.807) is 0 Å². The van der Waals surface area contributed by atoms with Crippen LogP contribution >= 0.6 is 0 Å². The lowest BCUT2D eigenvalue weighted by Crippen LogP contribution is -3.62. The van der Waals surface area contributed by atoms with E-state index < -0.39 is 85.8 Å². The van der Waals surface area contributed by atoms with Crippen LogP contribution in [0.1, 0.15) is 90.9 Å². The first-order chi connectivity index (χ1) is 24.3. The van der Waals surface area contributed by atoms with E-state index in [1.165, 1.54) is 24.3 Å². The number of rotatable bonds is 27. The van der Waals surface area contributed by atoms with Crippen molar-refractivity contribution in [3.63, 3.8) is 0 Å². The van der Waals surface area contributed by atoms with E-state index in [4.69, 9.17) is 9.47 Å². The third-order valence-electron chi connectivity index (χ3n) is 7.32. The van der Waals surface area contributed by atoms with Gasteiger partial charge in [0.15, 0.2) is 0 Å². The predicted octanol–water partition coefficient (Wildman–Crippen LogP) is 3.36. The third-order valence-corrected chi connectivity index (χ3v) is 15.9. The number of alkyl halides is 8. The molecule has 0 aromatic heterocycles. The van der Waals surface area contributed by atoms with E-state index in [1.807, 2.05) is 0 Å². The maximum absolute atomic E-state index is 14.6. The summed E-state index contributed by atoms with van der Waals surface area (Å²) in [5.41, 5.74) is 0. The highest BCUT2D eigenvalue weighted by Crippen LogP contribution is 2.55. The number of benzene rings is 2. The highest BCUT2D eigenvalue weighted by molar-refractivity contribution is 7.88. The smallest absolute Gasteiger partial charge is 0.494 e. The molecular weight excluding hydrogens is 982 g/mol. The van der Waals surface area contributed by atoms with E-state index in [2.05, 4.69) is 18.9 Å². The molecular formula is C32H42F8I2O8S2+2. The molecule has 0 atom stereocenters. The van der Waals surface area contributed by atoms with Crippen LogP contribution in [0, 0.1) is 7.14 Å². The Morgan fingerprint density at radius 1 is 0.481 bits per heavy atom. The van der Waals surface area contributed by atoms with Crippen LogP contribution in [-0.2, 0) is 25.3 Å². The summed E-state index contributed by atoms with van der Waals surface area (Å²) in [6, 6.07) is 9.83. The SMILES string of the molecule is CCCCCCCCOc1ccc([I+]OS(=O)(=O)C(F)(F)C(F)(F)C(F)(F)C(F)(F)S(=O)(=O)O[I+]c2ccc(OCCCCCCCC)cc2)cc1. The Kier molecular flexibility index (Phi) is 19.1. The zero-order valence-electron chi connectivity index (χ0n) is 28.4. The van der Waals surface area contributed by atoms with Crippen molar-refractivity contribution < 1.29 is 110 Å². The first kappa shape index (κ1) is 46.9. The summed E-state index contributed by atoms with van der Waals surface area (Å²) in [6.07, 6.45) is 12.0. The van der Waals surface area contributed by atoms with Crippen LogP contribution < -0.4 is 52.7 Å². The highest BCUT2D eigenvalue weighted by atomic mass is 127. The van der Waals surface area contributed by atoms with E-state index >= 15 is 0 Å². The minimum Gasteiger partial charge on any atom is -0.494 e. The molecule has 52 heavy (non-hydrogen) atoms. The molecule has 0 amide bonds. The fourth-order valence-electron chi connectivity index (χ4n) is 4.22. The summed E-state index contributed by atoms with van der Waals surface area (Å²) in [7, 11) is -14.1. The quantitative estimate of drug-likeness (QED) is 0.0764. The molecule has 0 heterocycles. The molecule has 0 spiro atoms. The molecule has 0 aliphatic rings. The maximum Gasteiger partial charge on any atom is 0.540 e. The molecule has 0 bridgehead atoms. The molecule has 2 aromatic carbocycles. The van der Waals surface area contributed by atoms with Crippen LogP contribution in [-0.4, -0.2) is 52.4 Å². The van der Waals surface area contributed by atoms with Crippen LogP contribution in [0.15, 0.2) is 48.5 Å². The average Bonchev–Trinajstić information content (AvgIpc) is 3.09. The van der Waals surface area contributed by atoms with Gasteiger partial charge < -0.3 is 9.47 Å². The zero-order valence-corrected chi connectivity index (χ0v) is 34.3. The monoisotopic (exact) mass is 1020 g/mol. The van der Waals surface area contributed by atoms with Crippen molar-refractivity contribution in [2.24, 2.45) is 0 Å². The fraction of sp³-hybridized carbons (Fsp3) is 0.625. The Labute approximate surface area is 321 Å². The van der Waals surface area contributed by atoms with Gasteiger partial charge in [0.05, 0.1) is 13.2 Å². The molecule has 0 saturated heterocycles.